The van der Waals surface area contributed by atoms with Crippen molar-refractivity contribution in [2.75, 3.05) is 23.0 Å². The number of aliphatic hydroxyl groups excluding tert-OH is 2. The number of ketones is 1. The van der Waals surface area contributed by atoms with Gasteiger partial charge in [-0.1, -0.05) is 50.2 Å². The maximum atomic E-state index is 14.7. The molecule has 5 rings (SSSR count). The van der Waals surface area contributed by atoms with Crippen LogP contribution >= 0.6 is 15.9 Å². The van der Waals surface area contributed by atoms with E-state index in [1.54, 1.807) is 24.0 Å². The summed E-state index contributed by atoms with van der Waals surface area (Å²) in [4.78, 5) is 49.7. The summed E-state index contributed by atoms with van der Waals surface area (Å²) >= 11 is 3.68. The standard InChI is InChI=1S/C36H42BrN5O5/c1-5-41(34-30(37)24-11-7-8-12-27(24)40-34)35(46)25-17-22(16-23(44)18-43)29(33(45)31(39)19(2)3)32(20(25)4)42-28-13-9-6-10-21(28)14-15-26(38)36(42)47/h6-13,17,19,23,26,31,40,43-44H,5,14-16,18,38-39H2,1-4H3/t23-,26?,31?/m0/s1. The second-order valence-corrected chi connectivity index (χ2v) is 13.2. The first-order valence-corrected chi connectivity index (χ1v) is 16.7. The van der Waals surface area contributed by atoms with Crippen LogP contribution in [0.5, 0.6) is 0 Å². The number of para-hydroxylation sites is 2. The Morgan fingerprint density at radius 2 is 1.83 bits per heavy atom. The van der Waals surface area contributed by atoms with E-state index >= 15 is 0 Å². The van der Waals surface area contributed by atoms with Crippen LogP contribution in [0, 0.1) is 12.8 Å². The molecule has 47 heavy (non-hydrogen) atoms. The topological polar surface area (TPSA) is 166 Å². The summed E-state index contributed by atoms with van der Waals surface area (Å²) in [5, 5.41) is 21.5. The summed E-state index contributed by atoms with van der Waals surface area (Å²) in [6, 6.07) is 14.9. The molecular weight excluding hydrogens is 662 g/mol. The van der Waals surface area contributed by atoms with Gasteiger partial charge in [-0.3, -0.25) is 24.2 Å². The molecule has 1 aromatic heterocycles. The monoisotopic (exact) mass is 703 g/mol. The highest BCUT2D eigenvalue weighted by molar-refractivity contribution is 9.10. The van der Waals surface area contributed by atoms with E-state index < -0.39 is 36.5 Å². The van der Waals surface area contributed by atoms with Gasteiger partial charge in [0.15, 0.2) is 5.78 Å². The van der Waals surface area contributed by atoms with Crippen LogP contribution in [0.2, 0.25) is 0 Å². The summed E-state index contributed by atoms with van der Waals surface area (Å²) in [6.45, 7) is 6.95. The number of hydrogen-bond acceptors (Lipinski definition) is 7. The van der Waals surface area contributed by atoms with E-state index in [1.807, 2.05) is 63.2 Å². The van der Waals surface area contributed by atoms with E-state index in [-0.39, 0.29) is 35.1 Å². The molecule has 1 aliphatic rings. The molecule has 2 unspecified atom stereocenters. The predicted molar refractivity (Wildman–Crippen MR) is 188 cm³/mol. The number of aromatic nitrogens is 1. The molecule has 0 saturated carbocycles. The zero-order valence-corrected chi connectivity index (χ0v) is 28.7. The number of aromatic amines is 1. The third kappa shape index (κ3) is 6.38. The lowest BCUT2D eigenvalue weighted by atomic mass is 9.85. The summed E-state index contributed by atoms with van der Waals surface area (Å²) in [6.07, 6.45) is -0.462. The first-order valence-electron chi connectivity index (χ1n) is 15.9. The Hall–Kier alpha value is -3.87. The largest absolute Gasteiger partial charge is 0.394 e. The fourth-order valence-corrected chi connectivity index (χ4v) is 6.92. The molecule has 0 spiro atoms. The third-order valence-electron chi connectivity index (χ3n) is 8.97. The molecule has 2 heterocycles. The fraction of sp³-hybridized carbons (Fsp3) is 0.361. The Labute approximate surface area is 282 Å². The van der Waals surface area contributed by atoms with Crippen molar-refractivity contribution in [3.05, 3.63) is 86.9 Å². The molecule has 248 valence electrons. The Morgan fingerprint density at radius 3 is 2.49 bits per heavy atom. The van der Waals surface area contributed by atoms with Crippen molar-refractivity contribution in [2.45, 2.75) is 65.1 Å². The van der Waals surface area contributed by atoms with E-state index in [9.17, 15) is 24.6 Å². The van der Waals surface area contributed by atoms with E-state index in [2.05, 4.69) is 20.9 Å². The first kappa shape index (κ1) is 34.5. The van der Waals surface area contributed by atoms with Gasteiger partial charge >= 0.3 is 0 Å². The summed E-state index contributed by atoms with van der Waals surface area (Å²) in [5.41, 5.74) is 16.4. The molecule has 0 radical (unpaired) electrons. The Balaban J connectivity index is 1.84. The lowest BCUT2D eigenvalue weighted by molar-refractivity contribution is -0.119. The van der Waals surface area contributed by atoms with Gasteiger partial charge in [-0.2, -0.15) is 0 Å². The highest BCUT2D eigenvalue weighted by Crippen LogP contribution is 2.42. The molecule has 0 fully saturated rings. The van der Waals surface area contributed by atoms with Crippen molar-refractivity contribution in [3.63, 3.8) is 0 Å². The number of nitrogens with zero attached hydrogens (tertiary/aromatic N) is 2. The van der Waals surface area contributed by atoms with Crippen molar-refractivity contribution in [1.82, 2.24) is 4.98 Å². The number of fused-ring (bicyclic) bond motifs is 2. The number of nitrogens with one attached hydrogen (secondary N) is 1. The maximum Gasteiger partial charge on any atom is 0.259 e. The number of carbonyl (C=O) groups is 3. The summed E-state index contributed by atoms with van der Waals surface area (Å²) in [7, 11) is 0. The minimum absolute atomic E-state index is 0.125. The van der Waals surface area contributed by atoms with Gasteiger partial charge in [0, 0.05) is 35.0 Å². The van der Waals surface area contributed by atoms with Crippen molar-refractivity contribution < 1.29 is 24.6 Å². The lowest BCUT2D eigenvalue weighted by Gasteiger charge is -2.32. The number of hydrogen-bond donors (Lipinski definition) is 5. The van der Waals surface area contributed by atoms with Gasteiger partial charge in [0.05, 0.1) is 40.6 Å². The molecule has 10 nitrogen and oxygen atoms in total. The van der Waals surface area contributed by atoms with E-state index in [4.69, 9.17) is 11.5 Å². The number of halogens is 1. The molecule has 4 aromatic rings. The molecule has 3 atom stereocenters. The van der Waals surface area contributed by atoms with Crippen molar-refractivity contribution in [2.24, 2.45) is 17.4 Å². The van der Waals surface area contributed by atoms with Crippen LogP contribution in [0.25, 0.3) is 10.9 Å². The Kier molecular flexibility index (Phi) is 10.3. The highest BCUT2D eigenvalue weighted by atomic mass is 79.9. The Bertz CT molecular complexity index is 1840. The van der Waals surface area contributed by atoms with Crippen molar-refractivity contribution >= 4 is 61.6 Å². The molecular formula is C36H42BrN5O5. The van der Waals surface area contributed by atoms with Crippen LogP contribution in [0.4, 0.5) is 17.2 Å². The minimum Gasteiger partial charge on any atom is -0.394 e. The van der Waals surface area contributed by atoms with Crippen LogP contribution in [0.3, 0.4) is 0 Å². The molecule has 3 aromatic carbocycles. The number of amides is 2. The SMILES string of the molecule is CCN(C(=O)c1cc(C[C@H](O)CO)c(C(=O)C(N)C(C)C)c(N2C(=O)C(N)CCc3ccccc32)c1C)c1[nH]c2ccccc2c1Br. The number of benzene rings is 3. The lowest BCUT2D eigenvalue weighted by Crippen LogP contribution is -2.43. The minimum atomic E-state index is -1.24. The van der Waals surface area contributed by atoms with E-state index in [1.165, 1.54) is 4.90 Å². The highest BCUT2D eigenvalue weighted by Gasteiger charge is 2.38. The van der Waals surface area contributed by atoms with E-state index in [0.29, 0.717) is 42.0 Å². The number of aryl methyl sites for hydroxylation is 1. The number of Topliss-reactive ketones (excluding diaryl/α,β-unsaturated/α-hetero) is 1. The number of rotatable bonds is 10. The van der Waals surface area contributed by atoms with E-state index in [0.717, 1.165) is 20.9 Å². The summed E-state index contributed by atoms with van der Waals surface area (Å²) < 4.78 is 0.717. The third-order valence-corrected chi connectivity index (χ3v) is 9.78. The quantitative estimate of drug-likeness (QED) is 0.146. The first-order chi connectivity index (χ1) is 22.4. The Morgan fingerprint density at radius 1 is 1.15 bits per heavy atom. The number of nitrogens with two attached hydrogens (primary N) is 2. The summed E-state index contributed by atoms with van der Waals surface area (Å²) in [5.74, 6) is -0.945. The van der Waals surface area contributed by atoms with Gasteiger partial charge in [0.1, 0.15) is 5.82 Å². The van der Waals surface area contributed by atoms with Gasteiger partial charge in [-0.05, 0) is 83.4 Å². The zero-order valence-electron chi connectivity index (χ0n) is 27.1. The van der Waals surface area contributed by atoms with Gasteiger partial charge in [-0.15, -0.1) is 0 Å². The molecule has 1 aliphatic heterocycles. The van der Waals surface area contributed by atoms with Gasteiger partial charge in [0.2, 0.25) is 5.91 Å². The zero-order chi connectivity index (χ0) is 34.2. The molecule has 11 heteroatoms. The molecule has 0 bridgehead atoms. The van der Waals surface area contributed by atoms with Crippen molar-refractivity contribution in [1.29, 1.82) is 0 Å². The number of anilines is 3. The van der Waals surface area contributed by atoms with Crippen molar-refractivity contribution in [3.8, 4) is 0 Å². The molecule has 0 aliphatic carbocycles. The average molecular weight is 705 g/mol. The number of aliphatic hydroxyl groups is 2. The smallest absolute Gasteiger partial charge is 0.259 e. The predicted octanol–water partition coefficient (Wildman–Crippen LogP) is 4.91. The van der Waals surface area contributed by atoms with Gasteiger partial charge in [-0.25, -0.2) is 0 Å². The van der Waals surface area contributed by atoms with Crippen LogP contribution in [-0.2, 0) is 17.6 Å². The average Bonchev–Trinajstić information content (AvgIpc) is 3.33. The van der Waals surface area contributed by atoms with Gasteiger partial charge < -0.3 is 26.7 Å². The second kappa shape index (κ2) is 14.1. The van der Waals surface area contributed by atoms with Gasteiger partial charge in [0.25, 0.3) is 5.91 Å². The normalized spacial score (nSPS) is 16.3. The molecule has 0 saturated heterocycles. The van der Waals surface area contributed by atoms with Crippen LogP contribution in [0.1, 0.15) is 64.6 Å². The molecule has 7 N–H and O–H groups in total. The van der Waals surface area contributed by atoms with Crippen LogP contribution < -0.4 is 21.3 Å². The fourth-order valence-electron chi connectivity index (χ4n) is 6.27. The maximum absolute atomic E-state index is 14.7. The molecule has 2 amide bonds. The number of carbonyl (C=O) groups excluding carboxylic acids is 3. The second-order valence-electron chi connectivity index (χ2n) is 12.4. The van der Waals surface area contributed by atoms with Crippen LogP contribution in [-0.4, -0.2) is 64.1 Å². The van der Waals surface area contributed by atoms with Crippen LogP contribution in [0.15, 0.2) is 59.1 Å². The number of H-pyrrole nitrogens is 1.